The number of aliphatic carboxylic acids is 1. The maximum Gasteiger partial charge on any atom is 0.326 e. The molecule has 0 aliphatic carbocycles. The molecule has 0 aromatic carbocycles. The number of amides is 1. The molecule has 0 aromatic heterocycles. The van der Waals surface area contributed by atoms with Crippen LogP contribution < -0.4 is 11.5 Å². The number of nitrogens with two attached hydrogens (primary N) is 2. The molecule has 1 saturated heterocycles. The Morgan fingerprint density at radius 2 is 2.18 bits per heavy atom. The number of hydrogen-bond acceptors (Lipinski definition) is 5. The highest BCUT2D eigenvalue weighted by Gasteiger charge is 2.37. The van der Waals surface area contributed by atoms with E-state index in [2.05, 4.69) is 4.99 Å². The topological polar surface area (TPSA) is 139 Å². The lowest BCUT2D eigenvalue weighted by Crippen LogP contribution is -2.42. The second-order valence-electron chi connectivity index (χ2n) is 5.22. The average Bonchev–Trinajstić information content (AvgIpc) is 2.76. The fraction of sp³-hybridized carbons (Fsp3) is 0.692. The van der Waals surface area contributed by atoms with Gasteiger partial charge in [0.1, 0.15) is 6.04 Å². The van der Waals surface area contributed by atoms with Crippen molar-refractivity contribution in [2.45, 2.75) is 32.2 Å². The van der Waals surface area contributed by atoms with Crippen molar-refractivity contribution >= 4 is 34.7 Å². The number of likely N-dealkylation sites (tertiary alicyclic amines) is 1. The number of carbonyl (C=O) groups excluding carboxylic acids is 2. The minimum absolute atomic E-state index is 0.00193. The Morgan fingerprint density at radius 3 is 2.73 bits per heavy atom. The van der Waals surface area contributed by atoms with Gasteiger partial charge in [-0.15, -0.1) is 0 Å². The van der Waals surface area contributed by atoms with Gasteiger partial charge in [0, 0.05) is 32.2 Å². The van der Waals surface area contributed by atoms with Gasteiger partial charge in [0.25, 0.3) is 0 Å². The fourth-order valence-electron chi connectivity index (χ4n) is 2.36. The minimum atomic E-state index is -1.03. The van der Waals surface area contributed by atoms with Crippen LogP contribution in [0.3, 0.4) is 0 Å². The van der Waals surface area contributed by atoms with Crippen molar-refractivity contribution in [1.29, 1.82) is 0 Å². The zero-order valence-electron chi connectivity index (χ0n) is 12.5. The molecule has 1 aliphatic rings. The number of carboxylic acids is 1. The van der Waals surface area contributed by atoms with Crippen molar-refractivity contribution in [2.75, 3.05) is 18.8 Å². The highest BCUT2D eigenvalue weighted by atomic mass is 32.2. The molecule has 124 valence electrons. The molecule has 9 heteroatoms. The van der Waals surface area contributed by atoms with Gasteiger partial charge in [-0.1, -0.05) is 11.8 Å². The van der Waals surface area contributed by atoms with Gasteiger partial charge in [0.05, 0.1) is 0 Å². The first kappa shape index (κ1) is 18.3. The van der Waals surface area contributed by atoms with Crippen molar-refractivity contribution < 1.29 is 19.5 Å². The molecule has 0 saturated carbocycles. The zero-order chi connectivity index (χ0) is 16.7. The van der Waals surface area contributed by atoms with E-state index in [-0.39, 0.29) is 29.3 Å². The summed E-state index contributed by atoms with van der Waals surface area (Å²) < 4.78 is 0. The highest BCUT2D eigenvalue weighted by molar-refractivity contribution is 8.13. The van der Waals surface area contributed by atoms with E-state index in [1.165, 1.54) is 23.6 Å². The quantitative estimate of drug-likeness (QED) is 0.313. The zero-order valence-corrected chi connectivity index (χ0v) is 13.3. The number of thioether (sulfide) groups is 1. The Morgan fingerprint density at radius 1 is 1.50 bits per heavy atom. The monoisotopic (exact) mass is 330 g/mol. The summed E-state index contributed by atoms with van der Waals surface area (Å²) in [5.74, 6) is -0.689. The Bertz CT molecular complexity index is 465. The molecular weight excluding hydrogens is 308 g/mol. The standard InChI is InChI=1S/C13H22N4O4S/c1-8(18)22-7-9-5-11(19)17(6-9)10(12(20)21)3-2-4-16-13(14)15/h9-10H,2-7H2,1H3,(H,20,21)(H4,14,15,16)/t9?,10-/m0/s1. The van der Waals surface area contributed by atoms with Gasteiger partial charge >= 0.3 is 5.97 Å². The van der Waals surface area contributed by atoms with E-state index in [1.54, 1.807) is 0 Å². The molecule has 1 amide bonds. The lowest BCUT2D eigenvalue weighted by Gasteiger charge is -2.24. The summed E-state index contributed by atoms with van der Waals surface area (Å²) in [6.45, 7) is 2.18. The van der Waals surface area contributed by atoms with E-state index in [0.717, 1.165) is 0 Å². The molecule has 0 spiro atoms. The molecule has 1 fully saturated rings. The van der Waals surface area contributed by atoms with Gasteiger partial charge in [-0.25, -0.2) is 4.79 Å². The highest BCUT2D eigenvalue weighted by Crippen LogP contribution is 2.25. The van der Waals surface area contributed by atoms with Crippen LogP contribution in [0.2, 0.25) is 0 Å². The van der Waals surface area contributed by atoms with Crippen LogP contribution in [-0.4, -0.2) is 57.8 Å². The van der Waals surface area contributed by atoms with E-state index in [0.29, 0.717) is 31.7 Å². The summed E-state index contributed by atoms with van der Waals surface area (Å²) in [5, 5.41) is 9.32. The first-order valence-corrected chi connectivity index (χ1v) is 8.00. The van der Waals surface area contributed by atoms with Crippen molar-refractivity contribution in [3.8, 4) is 0 Å². The predicted octanol–water partition coefficient (Wildman–Crippen LogP) is -0.379. The van der Waals surface area contributed by atoms with Crippen LogP contribution in [0.4, 0.5) is 0 Å². The Kier molecular flexibility index (Phi) is 7.16. The molecule has 0 aromatic rings. The van der Waals surface area contributed by atoms with Crippen LogP contribution in [0.25, 0.3) is 0 Å². The largest absolute Gasteiger partial charge is 0.480 e. The van der Waals surface area contributed by atoms with Gasteiger partial charge in [0.15, 0.2) is 11.1 Å². The molecule has 22 heavy (non-hydrogen) atoms. The summed E-state index contributed by atoms with van der Waals surface area (Å²) in [7, 11) is 0. The first-order chi connectivity index (χ1) is 10.3. The van der Waals surface area contributed by atoms with Gasteiger partial charge in [-0.3, -0.25) is 14.6 Å². The van der Waals surface area contributed by atoms with Crippen molar-refractivity contribution in [2.24, 2.45) is 22.4 Å². The van der Waals surface area contributed by atoms with Crippen LogP contribution in [-0.2, 0) is 14.4 Å². The van der Waals surface area contributed by atoms with Gasteiger partial charge < -0.3 is 21.5 Å². The number of rotatable bonds is 8. The maximum atomic E-state index is 12.0. The van der Waals surface area contributed by atoms with Crippen molar-refractivity contribution in [3.63, 3.8) is 0 Å². The third kappa shape index (κ3) is 5.92. The number of aliphatic imine (C=N–C) groups is 1. The first-order valence-electron chi connectivity index (χ1n) is 7.02. The molecule has 0 bridgehead atoms. The SMILES string of the molecule is CC(=O)SCC1CC(=O)N([C@@H](CCCN=C(N)N)C(=O)O)C1. The summed E-state index contributed by atoms with van der Waals surface area (Å²) in [4.78, 5) is 39.6. The predicted molar refractivity (Wildman–Crippen MR) is 84.3 cm³/mol. The van der Waals surface area contributed by atoms with Gasteiger partial charge in [0.2, 0.25) is 5.91 Å². The molecular formula is C13H22N4O4S. The maximum absolute atomic E-state index is 12.0. The van der Waals surface area contributed by atoms with Gasteiger partial charge in [-0.05, 0) is 18.8 Å². The van der Waals surface area contributed by atoms with Crippen LogP contribution in [0.5, 0.6) is 0 Å². The van der Waals surface area contributed by atoms with Crippen LogP contribution in [0.15, 0.2) is 4.99 Å². The van der Waals surface area contributed by atoms with Crippen molar-refractivity contribution in [3.05, 3.63) is 0 Å². The van der Waals surface area contributed by atoms with Gasteiger partial charge in [-0.2, -0.15) is 0 Å². The lowest BCUT2D eigenvalue weighted by molar-refractivity contribution is -0.148. The second kappa shape index (κ2) is 8.62. The van der Waals surface area contributed by atoms with E-state index in [4.69, 9.17) is 11.5 Å². The second-order valence-corrected chi connectivity index (χ2v) is 6.42. The Balaban J connectivity index is 2.56. The number of guanidine groups is 1. The van der Waals surface area contributed by atoms with E-state index < -0.39 is 12.0 Å². The summed E-state index contributed by atoms with van der Waals surface area (Å²) in [6, 6.07) is -0.867. The number of hydrogen-bond donors (Lipinski definition) is 3. The normalized spacial score (nSPS) is 19.0. The smallest absolute Gasteiger partial charge is 0.326 e. The van der Waals surface area contributed by atoms with Crippen molar-refractivity contribution in [1.82, 2.24) is 4.90 Å². The number of nitrogens with zero attached hydrogens (tertiary/aromatic N) is 2. The summed E-state index contributed by atoms with van der Waals surface area (Å²) >= 11 is 1.17. The number of carbonyl (C=O) groups is 3. The molecule has 1 aliphatic heterocycles. The molecule has 1 unspecified atom stereocenters. The molecule has 2 atom stereocenters. The minimum Gasteiger partial charge on any atom is -0.480 e. The molecule has 1 rings (SSSR count). The third-order valence-corrected chi connectivity index (χ3v) is 4.40. The Hall–Kier alpha value is -1.77. The van der Waals surface area contributed by atoms with Crippen LogP contribution in [0, 0.1) is 5.92 Å². The molecule has 8 nitrogen and oxygen atoms in total. The molecule has 0 radical (unpaired) electrons. The molecule has 1 heterocycles. The van der Waals surface area contributed by atoms with E-state index in [1.807, 2.05) is 0 Å². The fourth-order valence-corrected chi connectivity index (χ4v) is 3.06. The third-order valence-electron chi connectivity index (χ3n) is 3.35. The Labute approximate surface area is 133 Å². The van der Waals surface area contributed by atoms with E-state index in [9.17, 15) is 19.5 Å². The van der Waals surface area contributed by atoms with Crippen LogP contribution in [0.1, 0.15) is 26.2 Å². The summed E-state index contributed by atoms with van der Waals surface area (Å²) in [6.07, 6.45) is 1.06. The molecule has 5 N–H and O–H groups in total. The van der Waals surface area contributed by atoms with E-state index >= 15 is 0 Å². The lowest BCUT2D eigenvalue weighted by atomic mass is 10.1. The summed E-state index contributed by atoms with van der Waals surface area (Å²) in [5.41, 5.74) is 10.4. The number of carboxylic acid groups (broad SMARTS) is 1. The van der Waals surface area contributed by atoms with Crippen LogP contribution >= 0.6 is 11.8 Å². The average molecular weight is 330 g/mol.